The number of hydrogen-bond donors (Lipinski definition) is 0. The lowest BCUT2D eigenvalue weighted by molar-refractivity contribution is -0.681. The van der Waals surface area contributed by atoms with E-state index in [1.54, 1.807) is 41.2 Å². The highest BCUT2D eigenvalue weighted by atomic mass is 35.5. The van der Waals surface area contributed by atoms with Crippen LogP contribution in [0.4, 0.5) is 0 Å². The Labute approximate surface area is 109 Å². The summed E-state index contributed by atoms with van der Waals surface area (Å²) in [5, 5.41) is 9.08. The fourth-order valence-electron chi connectivity index (χ4n) is 1.47. The Morgan fingerprint density at radius 1 is 1.39 bits per heavy atom. The number of nitrogens with zero attached hydrogens (tertiary/aromatic N) is 3. The molecule has 0 saturated carbocycles. The Morgan fingerprint density at radius 3 is 2.72 bits per heavy atom. The second kappa shape index (κ2) is 5.39. The number of carbonyl (C=O) groups is 1. The van der Waals surface area contributed by atoms with Gasteiger partial charge in [-0.15, -0.1) is 0 Å². The highest BCUT2D eigenvalue weighted by Gasteiger charge is 2.15. The Morgan fingerprint density at radius 2 is 2.11 bits per heavy atom. The largest absolute Gasteiger partial charge is 0.293 e. The van der Waals surface area contributed by atoms with Gasteiger partial charge < -0.3 is 0 Å². The summed E-state index contributed by atoms with van der Waals surface area (Å²) < 4.78 is 1.61. The van der Waals surface area contributed by atoms with E-state index < -0.39 is 0 Å². The fraction of sp³-hybridized carbons (Fsp3) is 0.0769. The van der Waals surface area contributed by atoms with Crippen molar-refractivity contribution in [2.75, 3.05) is 0 Å². The van der Waals surface area contributed by atoms with E-state index in [-0.39, 0.29) is 12.3 Å². The first-order chi connectivity index (χ1) is 8.70. The van der Waals surface area contributed by atoms with E-state index in [0.717, 1.165) is 0 Å². The second-order valence-electron chi connectivity index (χ2n) is 3.64. The number of halogens is 1. The van der Waals surface area contributed by atoms with Gasteiger partial charge in [-0.25, -0.2) is 0 Å². The zero-order valence-corrected chi connectivity index (χ0v) is 10.1. The quantitative estimate of drug-likeness (QED) is 0.623. The van der Waals surface area contributed by atoms with E-state index in [2.05, 4.69) is 4.98 Å². The maximum Gasteiger partial charge on any atom is 0.293 e. The molecule has 1 heterocycles. The van der Waals surface area contributed by atoms with Crippen molar-refractivity contribution in [1.82, 2.24) is 4.98 Å². The van der Waals surface area contributed by atoms with Crippen molar-refractivity contribution in [2.45, 2.75) is 6.54 Å². The maximum atomic E-state index is 12.0. The van der Waals surface area contributed by atoms with E-state index in [4.69, 9.17) is 16.9 Å². The molecule has 0 unspecified atom stereocenters. The Kier molecular flexibility index (Phi) is 3.66. The first kappa shape index (κ1) is 12.2. The van der Waals surface area contributed by atoms with Gasteiger partial charge in [0.1, 0.15) is 6.20 Å². The highest BCUT2D eigenvalue weighted by Crippen LogP contribution is 2.05. The Hall–Kier alpha value is -2.25. The van der Waals surface area contributed by atoms with Crippen molar-refractivity contribution in [1.29, 1.82) is 5.26 Å². The molecule has 0 N–H and O–H groups in total. The monoisotopic (exact) mass is 258 g/mol. The van der Waals surface area contributed by atoms with Gasteiger partial charge >= 0.3 is 0 Å². The molecule has 88 valence electrons. The lowest BCUT2D eigenvalue weighted by Gasteiger charge is -1.99. The van der Waals surface area contributed by atoms with Crippen molar-refractivity contribution < 1.29 is 9.36 Å². The summed E-state index contributed by atoms with van der Waals surface area (Å²) in [5.41, 5.74) is 1.08. The number of carbonyl (C=O) groups excluding carboxylic acids is 1. The van der Waals surface area contributed by atoms with E-state index in [1.165, 1.54) is 6.20 Å². The third-order valence-electron chi connectivity index (χ3n) is 2.44. The van der Waals surface area contributed by atoms with Gasteiger partial charge in [0.2, 0.25) is 12.3 Å². The van der Waals surface area contributed by atoms with Crippen LogP contribution in [0, 0.1) is 11.3 Å². The van der Waals surface area contributed by atoms with Crippen molar-refractivity contribution >= 4 is 17.4 Å². The van der Waals surface area contributed by atoms with Crippen molar-refractivity contribution in [2.24, 2.45) is 0 Å². The lowest BCUT2D eigenvalue weighted by atomic mass is 10.1. The molecule has 0 aliphatic carbocycles. The number of rotatable bonds is 3. The molecule has 0 atom stereocenters. The highest BCUT2D eigenvalue weighted by molar-refractivity contribution is 6.28. The molecule has 0 radical (unpaired) electrons. The van der Waals surface area contributed by atoms with Crippen LogP contribution in [0.5, 0.6) is 0 Å². The van der Waals surface area contributed by atoms with Crippen LogP contribution in [0.1, 0.15) is 15.9 Å². The topological polar surface area (TPSA) is 57.6 Å². The van der Waals surface area contributed by atoms with Gasteiger partial charge in [0, 0.05) is 5.56 Å². The van der Waals surface area contributed by atoms with Crippen molar-refractivity contribution in [3.05, 3.63) is 59.1 Å². The average Bonchev–Trinajstić information content (AvgIpc) is 2.41. The summed E-state index contributed by atoms with van der Waals surface area (Å²) >= 11 is 5.91. The van der Waals surface area contributed by atoms with Gasteiger partial charge in [-0.05, 0) is 35.9 Å². The number of benzene rings is 1. The van der Waals surface area contributed by atoms with Crippen LogP contribution >= 0.6 is 11.6 Å². The molecule has 2 rings (SSSR count). The summed E-state index contributed by atoms with van der Waals surface area (Å²) in [6.45, 7) is 0.146. The molecule has 5 heteroatoms. The van der Waals surface area contributed by atoms with Gasteiger partial charge in [0.05, 0.1) is 17.8 Å². The molecule has 0 aliphatic rings. The number of hydrogen-bond acceptors (Lipinski definition) is 3. The minimum absolute atomic E-state index is 0.0717. The molecule has 0 aliphatic heterocycles. The van der Waals surface area contributed by atoms with Crippen molar-refractivity contribution in [3.63, 3.8) is 0 Å². The predicted octanol–water partition coefficient (Wildman–Crippen LogP) is 1.78. The summed E-state index contributed by atoms with van der Waals surface area (Å²) in [6.07, 6.45) is 4.69. The molecule has 0 bridgehead atoms. The Bertz CT molecular complexity index is 617. The van der Waals surface area contributed by atoms with E-state index >= 15 is 0 Å². The van der Waals surface area contributed by atoms with Gasteiger partial charge in [-0.3, -0.25) is 9.78 Å². The van der Waals surface area contributed by atoms with Crippen LogP contribution in [-0.4, -0.2) is 10.8 Å². The first-order valence-electron chi connectivity index (χ1n) is 5.23. The van der Waals surface area contributed by atoms with Gasteiger partial charge in [-0.2, -0.15) is 9.83 Å². The minimum Gasteiger partial charge on any atom is -0.287 e. The predicted molar refractivity (Wildman–Crippen MR) is 64.9 cm³/mol. The number of ketones is 1. The van der Waals surface area contributed by atoms with Gasteiger partial charge in [0.25, 0.3) is 5.15 Å². The van der Waals surface area contributed by atoms with Crippen molar-refractivity contribution in [3.8, 4) is 6.07 Å². The van der Waals surface area contributed by atoms with E-state index in [0.29, 0.717) is 16.3 Å². The molecular weight excluding hydrogens is 250 g/mol. The molecule has 0 amide bonds. The average molecular weight is 259 g/mol. The molecular formula is C13H9ClN3O+. The normalized spacial score (nSPS) is 9.78. The second-order valence-corrected chi connectivity index (χ2v) is 4.03. The number of aromatic nitrogens is 2. The molecule has 18 heavy (non-hydrogen) atoms. The first-order valence-corrected chi connectivity index (χ1v) is 5.61. The summed E-state index contributed by atoms with van der Waals surface area (Å²) in [6, 6.07) is 8.51. The molecule has 1 aromatic carbocycles. The van der Waals surface area contributed by atoms with E-state index in [9.17, 15) is 4.79 Å². The van der Waals surface area contributed by atoms with Crippen LogP contribution in [0.15, 0.2) is 42.9 Å². The molecule has 4 nitrogen and oxygen atoms in total. The smallest absolute Gasteiger partial charge is 0.287 e. The van der Waals surface area contributed by atoms with Gasteiger partial charge in [-0.1, -0.05) is 0 Å². The van der Waals surface area contributed by atoms with Crippen LogP contribution in [-0.2, 0) is 6.54 Å². The summed E-state index contributed by atoms with van der Waals surface area (Å²) in [5.74, 6) is -0.0717. The molecule has 1 aromatic heterocycles. The van der Waals surface area contributed by atoms with Crippen LogP contribution in [0.2, 0.25) is 5.15 Å². The van der Waals surface area contributed by atoms with Crippen LogP contribution in [0.3, 0.4) is 0 Å². The standard InChI is InChI=1S/C13H9ClN3O/c14-13-8-16-5-6-17(13)9-12(18)11-3-1-10(7-15)2-4-11/h1-6,8H,9H2/q+1. The Balaban J connectivity index is 2.17. The number of Topliss-reactive ketones (excluding diaryl/α,β-unsaturated/α-hetero) is 1. The molecule has 0 spiro atoms. The summed E-state index contributed by atoms with van der Waals surface area (Å²) in [7, 11) is 0. The minimum atomic E-state index is -0.0717. The van der Waals surface area contributed by atoms with Crippen LogP contribution in [0.25, 0.3) is 0 Å². The lowest BCUT2D eigenvalue weighted by Crippen LogP contribution is -2.38. The SMILES string of the molecule is N#Cc1ccc(C(=O)C[n+]2ccncc2Cl)cc1. The number of nitriles is 1. The zero-order chi connectivity index (χ0) is 13.0. The molecule has 0 saturated heterocycles. The summed E-state index contributed by atoms with van der Waals surface area (Å²) in [4.78, 5) is 15.8. The fourth-order valence-corrected chi connectivity index (χ4v) is 1.65. The third kappa shape index (κ3) is 2.70. The third-order valence-corrected chi connectivity index (χ3v) is 2.75. The van der Waals surface area contributed by atoms with Gasteiger partial charge in [0.15, 0.2) is 6.20 Å². The van der Waals surface area contributed by atoms with Crippen LogP contribution < -0.4 is 4.57 Å². The zero-order valence-electron chi connectivity index (χ0n) is 9.38. The maximum absolute atomic E-state index is 12.0. The molecule has 2 aromatic rings. The van der Waals surface area contributed by atoms with E-state index in [1.807, 2.05) is 6.07 Å². The molecule has 0 fully saturated rings.